The first-order valence-corrected chi connectivity index (χ1v) is 6.02. The number of carbonyl (C=O) groups excluding carboxylic acids is 1. The first-order valence-electron chi connectivity index (χ1n) is 4.13. The molecule has 0 saturated heterocycles. The fourth-order valence-corrected chi connectivity index (χ4v) is 1.54. The van der Waals surface area contributed by atoms with Gasteiger partial charge in [0.05, 0.1) is 4.90 Å². The fraction of sp³-hybridized carbons (Fsp3) is 0.222. The third-order valence-electron chi connectivity index (χ3n) is 1.67. The van der Waals surface area contributed by atoms with Gasteiger partial charge in [-0.15, -0.1) is 0 Å². The van der Waals surface area contributed by atoms with Crippen LogP contribution in [0, 0.1) is 0 Å². The number of carbonyl (C=O) groups is 1. The highest BCUT2D eigenvalue weighted by atomic mass is 32.2. The summed E-state index contributed by atoms with van der Waals surface area (Å²) in [6.07, 6.45) is 0.517. The Bertz CT molecular complexity index is 450. The number of benzene rings is 1. The standard InChI is InChI=1S/C9H11NO4S/c1-10-9(11)14-7-3-5-8(6-4-7)15(2,12)13/h3-6H,1-2H3,(H,10,11). The van der Waals surface area contributed by atoms with Crippen LogP contribution in [0.2, 0.25) is 0 Å². The van der Waals surface area contributed by atoms with Crippen LogP contribution in [0.3, 0.4) is 0 Å². The minimum atomic E-state index is -3.21. The first kappa shape index (κ1) is 11.5. The molecule has 0 fully saturated rings. The Balaban J connectivity index is 2.86. The van der Waals surface area contributed by atoms with E-state index in [9.17, 15) is 13.2 Å². The number of sulfone groups is 1. The van der Waals surface area contributed by atoms with Crippen LogP contribution in [-0.4, -0.2) is 27.8 Å². The molecule has 0 aliphatic rings. The van der Waals surface area contributed by atoms with Gasteiger partial charge in [0.1, 0.15) is 5.75 Å². The molecular weight excluding hydrogens is 218 g/mol. The topological polar surface area (TPSA) is 72.5 Å². The minimum Gasteiger partial charge on any atom is -0.410 e. The van der Waals surface area contributed by atoms with Gasteiger partial charge in [0.25, 0.3) is 0 Å². The fourth-order valence-electron chi connectivity index (χ4n) is 0.913. The van der Waals surface area contributed by atoms with Crippen LogP contribution in [0.15, 0.2) is 29.2 Å². The molecule has 0 aliphatic carbocycles. The Kier molecular flexibility index (Phi) is 3.31. The van der Waals surface area contributed by atoms with Crippen LogP contribution in [0.5, 0.6) is 5.75 Å². The van der Waals surface area contributed by atoms with Crippen molar-refractivity contribution >= 4 is 15.9 Å². The van der Waals surface area contributed by atoms with Crippen molar-refractivity contribution in [3.05, 3.63) is 24.3 Å². The maximum atomic E-state index is 11.1. The largest absolute Gasteiger partial charge is 0.412 e. The highest BCUT2D eigenvalue weighted by Crippen LogP contribution is 2.15. The second-order valence-corrected chi connectivity index (χ2v) is 4.90. The van der Waals surface area contributed by atoms with Crippen molar-refractivity contribution in [2.45, 2.75) is 4.90 Å². The van der Waals surface area contributed by atoms with Gasteiger partial charge in [-0.05, 0) is 24.3 Å². The van der Waals surface area contributed by atoms with E-state index in [0.29, 0.717) is 5.75 Å². The Labute approximate surface area is 88.0 Å². The Morgan fingerprint density at radius 3 is 2.20 bits per heavy atom. The highest BCUT2D eigenvalue weighted by Gasteiger charge is 2.07. The van der Waals surface area contributed by atoms with Gasteiger partial charge in [0.2, 0.25) is 0 Å². The summed E-state index contributed by atoms with van der Waals surface area (Å²) in [6, 6.07) is 5.61. The molecule has 0 heterocycles. The second-order valence-electron chi connectivity index (χ2n) is 2.88. The summed E-state index contributed by atoms with van der Waals surface area (Å²) >= 11 is 0. The van der Waals surface area contributed by atoms with Crippen molar-refractivity contribution < 1.29 is 17.9 Å². The van der Waals surface area contributed by atoms with E-state index in [1.54, 1.807) is 0 Å². The Morgan fingerprint density at radius 2 is 1.80 bits per heavy atom. The minimum absolute atomic E-state index is 0.187. The average Bonchev–Trinajstić information content (AvgIpc) is 2.17. The lowest BCUT2D eigenvalue weighted by atomic mass is 10.3. The summed E-state index contributed by atoms with van der Waals surface area (Å²) in [5.74, 6) is 0.293. The number of rotatable bonds is 2. The van der Waals surface area contributed by atoms with E-state index in [4.69, 9.17) is 4.74 Å². The monoisotopic (exact) mass is 229 g/mol. The van der Waals surface area contributed by atoms with Crippen molar-refractivity contribution in [2.24, 2.45) is 0 Å². The van der Waals surface area contributed by atoms with Gasteiger partial charge in [0.15, 0.2) is 9.84 Å². The predicted molar refractivity (Wildman–Crippen MR) is 54.6 cm³/mol. The zero-order valence-electron chi connectivity index (χ0n) is 8.35. The molecule has 0 radical (unpaired) electrons. The number of ether oxygens (including phenoxy) is 1. The van der Waals surface area contributed by atoms with Crippen molar-refractivity contribution in [1.29, 1.82) is 0 Å². The molecule has 1 aromatic carbocycles. The molecule has 1 amide bonds. The quantitative estimate of drug-likeness (QED) is 0.814. The summed E-state index contributed by atoms with van der Waals surface area (Å²) in [7, 11) is -1.77. The maximum absolute atomic E-state index is 11.1. The lowest BCUT2D eigenvalue weighted by Crippen LogP contribution is -2.21. The summed E-state index contributed by atoms with van der Waals surface area (Å²) in [6.45, 7) is 0. The SMILES string of the molecule is CNC(=O)Oc1ccc(S(C)(=O)=O)cc1. The van der Waals surface area contributed by atoms with Crippen molar-refractivity contribution in [2.75, 3.05) is 13.3 Å². The van der Waals surface area contributed by atoms with Gasteiger partial charge in [-0.3, -0.25) is 0 Å². The van der Waals surface area contributed by atoms with Crippen LogP contribution >= 0.6 is 0 Å². The van der Waals surface area contributed by atoms with E-state index in [-0.39, 0.29) is 4.90 Å². The average molecular weight is 229 g/mol. The smallest absolute Gasteiger partial charge is 0.410 e. The molecule has 0 spiro atoms. The molecule has 0 atom stereocenters. The molecule has 5 nitrogen and oxygen atoms in total. The molecular formula is C9H11NO4S. The van der Waals surface area contributed by atoms with Gasteiger partial charge in [-0.2, -0.15) is 0 Å². The Morgan fingerprint density at radius 1 is 1.27 bits per heavy atom. The highest BCUT2D eigenvalue weighted by molar-refractivity contribution is 7.90. The molecule has 0 aliphatic heterocycles. The summed E-state index contributed by atoms with van der Waals surface area (Å²) < 4.78 is 27.0. The molecule has 82 valence electrons. The molecule has 1 rings (SSSR count). The third-order valence-corrected chi connectivity index (χ3v) is 2.80. The molecule has 0 saturated carbocycles. The third kappa shape index (κ3) is 3.25. The summed E-state index contributed by atoms with van der Waals surface area (Å²) in [4.78, 5) is 11.0. The molecule has 0 bridgehead atoms. The number of nitrogens with one attached hydrogen (secondary N) is 1. The van der Waals surface area contributed by atoms with E-state index in [1.807, 2.05) is 0 Å². The van der Waals surface area contributed by atoms with Crippen LogP contribution in [0.4, 0.5) is 4.79 Å². The zero-order valence-corrected chi connectivity index (χ0v) is 9.17. The van der Waals surface area contributed by atoms with Crippen LogP contribution in [0.25, 0.3) is 0 Å². The lowest BCUT2D eigenvalue weighted by Gasteiger charge is -2.03. The molecule has 6 heteroatoms. The van der Waals surface area contributed by atoms with Crippen molar-refractivity contribution in [3.63, 3.8) is 0 Å². The number of hydrogen-bond acceptors (Lipinski definition) is 4. The first-order chi connectivity index (χ1) is 6.93. The molecule has 0 aromatic heterocycles. The van der Waals surface area contributed by atoms with Gasteiger partial charge < -0.3 is 10.1 Å². The molecule has 1 N–H and O–H groups in total. The zero-order chi connectivity index (χ0) is 11.5. The van der Waals surface area contributed by atoms with E-state index in [0.717, 1.165) is 6.26 Å². The predicted octanol–water partition coefficient (Wildman–Crippen LogP) is 0.808. The van der Waals surface area contributed by atoms with E-state index in [1.165, 1.54) is 31.3 Å². The van der Waals surface area contributed by atoms with Crippen molar-refractivity contribution in [1.82, 2.24) is 5.32 Å². The Hall–Kier alpha value is -1.56. The number of hydrogen-bond donors (Lipinski definition) is 1. The van der Waals surface area contributed by atoms with E-state index >= 15 is 0 Å². The van der Waals surface area contributed by atoms with Crippen molar-refractivity contribution in [3.8, 4) is 5.75 Å². The van der Waals surface area contributed by atoms with Crippen LogP contribution in [0.1, 0.15) is 0 Å². The maximum Gasteiger partial charge on any atom is 0.412 e. The molecule has 15 heavy (non-hydrogen) atoms. The van der Waals surface area contributed by atoms with E-state index in [2.05, 4.69) is 5.32 Å². The second kappa shape index (κ2) is 4.31. The van der Waals surface area contributed by atoms with Gasteiger partial charge in [-0.25, -0.2) is 13.2 Å². The van der Waals surface area contributed by atoms with Gasteiger partial charge in [-0.1, -0.05) is 0 Å². The van der Waals surface area contributed by atoms with Gasteiger partial charge in [0, 0.05) is 13.3 Å². The van der Waals surface area contributed by atoms with Gasteiger partial charge >= 0.3 is 6.09 Å². The van der Waals surface area contributed by atoms with E-state index < -0.39 is 15.9 Å². The lowest BCUT2D eigenvalue weighted by molar-refractivity contribution is 0.203. The van der Waals surface area contributed by atoms with Crippen LogP contribution in [-0.2, 0) is 9.84 Å². The molecule has 1 aromatic rings. The summed E-state index contributed by atoms with van der Waals surface area (Å²) in [5, 5.41) is 2.28. The summed E-state index contributed by atoms with van der Waals surface area (Å²) in [5.41, 5.74) is 0. The normalized spacial score (nSPS) is 10.8. The number of amides is 1. The van der Waals surface area contributed by atoms with Crippen LogP contribution < -0.4 is 10.1 Å². The molecule has 0 unspecified atom stereocenters.